The highest BCUT2D eigenvalue weighted by molar-refractivity contribution is 5.94. The van der Waals surface area contributed by atoms with Crippen LogP contribution in [0, 0.1) is 6.92 Å². The molecule has 0 spiro atoms. The molecular formula is C14H13N3O2. The second kappa shape index (κ2) is 6.30. The van der Waals surface area contributed by atoms with E-state index in [2.05, 4.69) is 15.5 Å². The topological polar surface area (TPSA) is 67.5 Å². The summed E-state index contributed by atoms with van der Waals surface area (Å²) in [5.41, 5.74) is 2.86. The number of amides is 1. The van der Waals surface area contributed by atoms with Gasteiger partial charge in [0.1, 0.15) is 11.5 Å². The van der Waals surface area contributed by atoms with E-state index in [1.165, 1.54) is 12.4 Å². The zero-order valence-corrected chi connectivity index (χ0v) is 10.4. The molecule has 0 fully saturated rings. The predicted molar refractivity (Wildman–Crippen MR) is 72.7 cm³/mol. The summed E-state index contributed by atoms with van der Waals surface area (Å²) >= 11 is 0. The van der Waals surface area contributed by atoms with E-state index in [-0.39, 0.29) is 5.91 Å². The summed E-state index contributed by atoms with van der Waals surface area (Å²) in [6.45, 7) is 1.87. The van der Waals surface area contributed by atoms with Crippen molar-refractivity contribution < 1.29 is 9.21 Å². The highest BCUT2D eigenvalue weighted by atomic mass is 16.3. The molecule has 96 valence electrons. The molecule has 2 heterocycles. The summed E-state index contributed by atoms with van der Waals surface area (Å²) in [6, 6.07) is 7.09. The van der Waals surface area contributed by atoms with Crippen LogP contribution in [0.3, 0.4) is 0 Å². The number of rotatable bonds is 4. The van der Waals surface area contributed by atoms with Gasteiger partial charge in [-0.15, -0.1) is 0 Å². The lowest BCUT2D eigenvalue weighted by atomic mass is 10.3. The van der Waals surface area contributed by atoms with Crippen LogP contribution in [0.2, 0.25) is 0 Å². The third kappa shape index (κ3) is 3.92. The molecule has 0 saturated carbocycles. The van der Waals surface area contributed by atoms with Crippen LogP contribution >= 0.6 is 0 Å². The molecule has 1 N–H and O–H groups in total. The minimum absolute atomic E-state index is 0.299. The van der Waals surface area contributed by atoms with Gasteiger partial charge in [0.05, 0.1) is 5.56 Å². The monoisotopic (exact) mass is 255 g/mol. The molecule has 0 aromatic carbocycles. The Bertz CT molecular complexity index is 600. The molecule has 5 heteroatoms. The number of nitrogens with one attached hydrogen (secondary N) is 1. The summed E-state index contributed by atoms with van der Waals surface area (Å²) < 4.78 is 5.34. The van der Waals surface area contributed by atoms with Gasteiger partial charge < -0.3 is 4.42 Å². The van der Waals surface area contributed by atoms with Gasteiger partial charge in [0.2, 0.25) is 0 Å². The molecule has 2 rings (SSSR count). The molecule has 0 aliphatic rings. The fourth-order valence-electron chi connectivity index (χ4n) is 1.38. The van der Waals surface area contributed by atoms with Crippen molar-refractivity contribution in [1.82, 2.24) is 10.4 Å². The molecule has 5 nitrogen and oxygen atoms in total. The van der Waals surface area contributed by atoms with Crippen molar-refractivity contribution in [2.24, 2.45) is 5.10 Å². The number of aromatic nitrogens is 1. The summed E-state index contributed by atoms with van der Waals surface area (Å²) in [5, 5.41) is 3.79. The fraction of sp³-hybridized carbons (Fsp3) is 0.0714. The van der Waals surface area contributed by atoms with Crippen molar-refractivity contribution >= 4 is 18.2 Å². The average Bonchev–Trinajstić information content (AvgIpc) is 2.85. The van der Waals surface area contributed by atoms with E-state index in [4.69, 9.17) is 4.42 Å². The maximum atomic E-state index is 11.6. The van der Waals surface area contributed by atoms with Crippen LogP contribution in [0.5, 0.6) is 0 Å². The lowest BCUT2D eigenvalue weighted by Gasteiger charge is -1.96. The Kier molecular flexibility index (Phi) is 4.23. The molecule has 1 amide bonds. The van der Waals surface area contributed by atoms with E-state index in [1.807, 2.05) is 19.1 Å². The van der Waals surface area contributed by atoms with E-state index in [0.29, 0.717) is 5.56 Å². The average molecular weight is 255 g/mol. The van der Waals surface area contributed by atoms with E-state index in [0.717, 1.165) is 11.5 Å². The van der Waals surface area contributed by atoms with Crippen molar-refractivity contribution in [2.75, 3.05) is 0 Å². The Morgan fingerprint density at radius 1 is 1.42 bits per heavy atom. The summed E-state index contributed by atoms with van der Waals surface area (Å²) in [4.78, 5) is 15.4. The summed E-state index contributed by atoms with van der Waals surface area (Å²) in [7, 11) is 0. The molecule has 19 heavy (non-hydrogen) atoms. The third-order valence-corrected chi connectivity index (χ3v) is 2.27. The Balaban J connectivity index is 1.84. The van der Waals surface area contributed by atoms with E-state index < -0.39 is 0 Å². The number of carbonyl (C=O) groups excluding carboxylic acids is 1. The lowest BCUT2D eigenvalue weighted by molar-refractivity contribution is 0.0955. The van der Waals surface area contributed by atoms with Crippen molar-refractivity contribution in [3.63, 3.8) is 0 Å². The minimum Gasteiger partial charge on any atom is -0.462 e. The molecule has 0 aliphatic carbocycles. The molecule has 2 aromatic heterocycles. The van der Waals surface area contributed by atoms with Gasteiger partial charge in [0.15, 0.2) is 0 Å². The molecule has 0 radical (unpaired) electrons. The second-order valence-electron chi connectivity index (χ2n) is 3.77. The number of hydrazone groups is 1. The van der Waals surface area contributed by atoms with Crippen molar-refractivity contribution in [3.05, 3.63) is 59.8 Å². The van der Waals surface area contributed by atoms with Crippen LogP contribution in [-0.4, -0.2) is 17.1 Å². The van der Waals surface area contributed by atoms with Crippen LogP contribution in [0.4, 0.5) is 0 Å². The number of allylic oxidation sites excluding steroid dienone is 1. The number of nitrogens with zero attached hydrogens (tertiary/aromatic N) is 2. The van der Waals surface area contributed by atoms with Gasteiger partial charge in [-0.25, -0.2) is 5.43 Å². The largest absolute Gasteiger partial charge is 0.462 e. The molecule has 0 saturated heterocycles. The van der Waals surface area contributed by atoms with Gasteiger partial charge in [0.25, 0.3) is 5.91 Å². The van der Waals surface area contributed by atoms with Crippen LogP contribution in [0.1, 0.15) is 21.9 Å². The molecule has 0 atom stereocenters. The van der Waals surface area contributed by atoms with E-state index >= 15 is 0 Å². The third-order valence-electron chi connectivity index (χ3n) is 2.27. The molecule has 0 unspecified atom stereocenters. The zero-order chi connectivity index (χ0) is 13.5. The van der Waals surface area contributed by atoms with Gasteiger partial charge in [-0.2, -0.15) is 5.10 Å². The van der Waals surface area contributed by atoms with Crippen LogP contribution in [0.15, 0.2) is 52.3 Å². The number of carbonyl (C=O) groups is 1. The standard InChI is InChI=1S/C14H13N3O2/c1-11-6-7-13(19-11)5-3-9-16-17-14(18)12-4-2-8-15-10-12/h2-10H,1H3,(H,17,18)/b5-3+,16-9+. The Morgan fingerprint density at radius 3 is 3.00 bits per heavy atom. The smallest absolute Gasteiger partial charge is 0.272 e. The molecule has 0 aliphatic heterocycles. The van der Waals surface area contributed by atoms with Crippen molar-refractivity contribution in [1.29, 1.82) is 0 Å². The highest BCUT2D eigenvalue weighted by Crippen LogP contribution is 2.07. The second-order valence-corrected chi connectivity index (χ2v) is 3.77. The summed E-state index contributed by atoms with van der Waals surface area (Å²) in [5.74, 6) is 1.29. The number of pyridine rings is 1. The van der Waals surface area contributed by atoms with Crippen molar-refractivity contribution in [3.8, 4) is 0 Å². The number of hydrogen-bond acceptors (Lipinski definition) is 4. The van der Waals surface area contributed by atoms with Crippen LogP contribution < -0.4 is 5.43 Å². The molecule has 0 bridgehead atoms. The van der Waals surface area contributed by atoms with E-state index in [9.17, 15) is 4.79 Å². The first kappa shape index (κ1) is 12.8. The Labute approximate surface area is 110 Å². The maximum absolute atomic E-state index is 11.6. The Morgan fingerprint density at radius 2 is 2.32 bits per heavy atom. The summed E-state index contributed by atoms with van der Waals surface area (Å²) in [6.07, 6.45) is 8.00. The maximum Gasteiger partial charge on any atom is 0.272 e. The van der Waals surface area contributed by atoms with E-state index in [1.54, 1.807) is 30.5 Å². The highest BCUT2D eigenvalue weighted by Gasteiger charge is 2.01. The molecule has 2 aromatic rings. The van der Waals surface area contributed by atoms with Gasteiger partial charge >= 0.3 is 0 Å². The Hall–Kier alpha value is -2.69. The number of furan rings is 1. The quantitative estimate of drug-likeness (QED) is 0.673. The van der Waals surface area contributed by atoms with Gasteiger partial charge in [-0.3, -0.25) is 9.78 Å². The van der Waals surface area contributed by atoms with Crippen LogP contribution in [-0.2, 0) is 0 Å². The number of aryl methyl sites for hydroxylation is 1. The fourth-order valence-corrected chi connectivity index (χ4v) is 1.38. The number of hydrogen-bond donors (Lipinski definition) is 1. The minimum atomic E-state index is -0.299. The van der Waals surface area contributed by atoms with Gasteiger partial charge in [-0.1, -0.05) is 0 Å². The van der Waals surface area contributed by atoms with Gasteiger partial charge in [-0.05, 0) is 43.3 Å². The SMILES string of the molecule is Cc1ccc(/C=C/C=N/NC(=O)c2cccnc2)o1. The first-order valence-corrected chi connectivity index (χ1v) is 5.72. The van der Waals surface area contributed by atoms with Crippen LogP contribution in [0.25, 0.3) is 6.08 Å². The normalized spacial score (nSPS) is 11.2. The van der Waals surface area contributed by atoms with Gasteiger partial charge in [0, 0.05) is 18.6 Å². The predicted octanol–water partition coefficient (Wildman–Crippen LogP) is 2.41. The van der Waals surface area contributed by atoms with Crippen molar-refractivity contribution in [2.45, 2.75) is 6.92 Å². The lowest BCUT2D eigenvalue weighted by Crippen LogP contribution is -2.17. The molecular weight excluding hydrogens is 242 g/mol. The first-order chi connectivity index (χ1) is 9.25. The first-order valence-electron chi connectivity index (χ1n) is 5.72. The zero-order valence-electron chi connectivity index (χ0n) is 10.4.